The third-order valence-corrected chi connectivity index (χ3v) is 5.65. The fourth-order valence-corrected chi connectivity index (χ4v) is 4.48. The maximum atomic E-state index is 12.6. The summed E-state index contributed by atoms with van der Waals surface area (Å²) in [7, 11) is 1.14. The molecule has 8 nitrogen and oxygen atoms in total. The fraction of sp³-hybridized carbons (Fsp3) is 0.250. The number of amides is 3. The average molecular weight is 360 g/mol. The number of benzene rings is 1. The van der Waals surface area contributed by atoms with Crippen molar-refractivity contribution in [1.82, 2.24) is 9.80 Å². The standard InChI is InChI=1S/C16H12N2O6S/c1-24-16(23)10-9(19)6-25-15-11(14(22)18(10)15)17-12(20)7-4-2-3-5-8(7)13(17)21/h2-5,11,15,19H,6H2,1H3/t11?,15-/m0/s1. The van der Waals surface area contributed by atoms with Gasteiger partial charge in [0.2, 0.25) is 0 Å². The lowest BCUT2D eigenvalue weighted by Gasteiger charge is -2.50. The summed E-state index contributed by atoms with van der Waals surface area (Å²) < 4.78 is 4.61. The van der Waals surface area contributed by atoms with Crippen molar-refractivity contribution < 1.29 is 29.0 Å². The van der Waals surface area contributed by atoms with E-state index in [9.17, 15) is 24.3 Å². The first kappa shape index (κ1) is 15.7. The number of aliphatic hydroxyl groups excluding tert-OH is 1. The highest BCUT2D eigenvalue weighted by molar-refractivity contribution is 8.00. The van der Waals surface area contributed by atoms with E-state index in [1.807, 2.05) is 0 Å². The van der Waals surface area contributed by atoms with Gasteiger partial charge in [0.1, 0.15) is 17.2 Å². The number of aliphatic hydroxyl groups is 1. The summed E-state index contributed by atoms with van der Waals surface area (Å²) in [6, 6.07) is 5.36. The minimum absolute atomic E-state index is 0.0819. The molecule has 1 fully saturated rings. The van der Waals surface area contributed by atoms with Crippen LogP contribution in [0.5, 0.6) is 0 Å². The van der Waals surface area contributed by atoms with Crippen LogP contribution in [0, 0.1) is 0 Å². The van der Waals surface area contributed by atoms with Crippen molar-refractivity contribution in [2.24, 2.45) is 0 Å². The third kappa shape index (κ3) is 1.95. The van der Waals surface area contributed by atoms with E-state index >= 15 is 0 Å². The fourth-order valence-electron chi connectivity index (χ4n) is 3.24. The molecule has 3 aliphatic heterocycles. The maximum Gasteiger partial charge on any atom is 0.358 e. The van der Waals surface area contributed by atoms with Gasteiger partial charge in [-0.2, -0.15) is 0 Å². The lowest BCUT2D eigenvalue weighted by Crippen LogP contribution is -2.71. The summed E-state index contributed by atoms with van der Waals surface area (Å²) in [5, 5.41) is 9.30. The van der Waals surface area contributed by atoms with E-state index in [4.69, 9.17) is 0 Å². The van der Waals surface area contributed by atoms with Crippen molar-refractivity contribution in [3.63, 3.8) is 0 Å². The molecule has 4 rings (SSSR count). The largest absolute Gasteiger partial charge is 0.509 e. The molecule has 0 aromatic heterocycles. The molecule has 3 amide bonds. The smallest absolute Gasteiger partial charge is 0.358 e. The Balaban J connectivity index is 1.68. The summed E-state index contributed by atoms with van der Waals surface area (Å²) >= 11 is 1.18. The zero-order valence-corrected chi connectivity index (χ0v) is 13.8. The topological polar surface area (TPSA) is 104 Å². The zero-order valence-electron chi connectivity index (χ0n) is 13.0. The van der Waals surface area contributed by atoms with Crippen LogP contribution in [-0.4, -0.2) is 62.9 Å². The highest BCUT2D eigenvalue weighted by atomic mass is 32.2. The molecule has 0 spiro atoms. The Labute approximate surface area is 146 Å². The van der Waals surface area contributed by atoms with Crippen molar-refractivity contribution in [1.29, 1.82) is 0 Å². The number of hydrogen-bond donors (Lipinski definition) is 1. The second-order valence-corrected chi connectivity index (χ2v) is 6.77. The zero-order chi connectivity index (χ0) is 17.9. The maximum absolute atomic E-state index is 12.6. The van der Waals surface area contributed by atoms with Crippen LogP contribution in [-0.2, 0) is 14.3 Å². The van der Waals surface area contributed by atoms with Gasteiger partial charge in [-0.15, -0.1) is 11.8 Å². The Morgan fingerprint density at radius 1 is 1.16 bits per heavy atom. The van der Waals surface area contributed by atoms with Crippen LogP contribution in [0.2, 0.25) is 0 Å². The van der Waals surface area contributed by atoms with Gasteiger partial charge in [0.05, 0.1) is 24.0 Å². The molecule has 3 aliphatic rings. The monoisotopic (exact) mass is 360 g/mol. The number of hydrogen-bond acceptors (Lipinski definition) is 7. The van der Waals surface area contributed by atoms with Crippen molar-refractivity contribution in [2.45, 2.75) is 11.4 Å². The molecular weight excluding hydrogens is 348 g/mol. The number of carbonyl (C=O) groups excluding carboxylic acids is 4. The number of rotatable bonds is 2. The van der Waals surface area contributed by atoms with Crippen LogP contribution in [0.4, 0.5) is 0 Å². The van der Waals surface area contributed by atoms with Gasteiger partial charge < -0.3 is 9.84 Å². The van der Waals surface area contributed by atoms with E-state index in [-0.39, 0.29) is 28.3 Å². The van der Waals surface area contributed by atoms with Crippen molar-refractivity contribution >= 4 is 35.5 Å². The summed E-state index contributed by atoms with van der Waals surface area (Å²) in [4.78, 5) is 51.6. The predicted octanol–water partition coefficient (Wildman–Crippen LogP) is 0.509. The van der Waals surface area contributed by atoms with Gasteiger partial charge in [0, 0.05) is 0 Å². The van der Waals surface area contributed by atoms with E-state index < -0.39 is 35.1 Å². The van der Waals surface area contributed by atoms with Crippen LogP contribution < -0.4 is 0 Å². The minimum Gasteiger partial charge on any atom is -0.509 e. The number of fused-ring (bicyclic) bond motifs is 2. The van der Waals surface area contributed by atoms with Gasteiger partial charge in [-0.3, -0.25) is 24.2 Å². The molecule has 3 heterocycles. The lowest BCUT2D eigenvalue weighted by molar-refractivity contribution is -0.153. The Bertz CT molecular complexity index is 844. The number of carbonyl (C=O) groups is 4. The molecule has 2 atom stereocenters. The summed E-state index contributed by atoms with van der Waals surface area (Å²) in [6.07, 6.45) is 0. The van der Waals surface area contributed by atoms with E-state index in [0.29, 0.717) is 0 Å². The van der Waals surface area contributed by atoms with Crippen LogP contribution in [0.15, 0.2) is 35.7 Å². The number of esters is 1. The Morgan fingerprint density at radius 3 is 2.32 bits per heavy atom. The molecule has 0 aliphatic carbocycles. The van der Waals surface area contributed by atoms with Crippen molar-refractivity contribution in [3.8, 4) is 0 Å². The first-order chi connectivity index (χ1) is 12.0. The Kier molecular flexibility index (Phi) is 3.36. The highest BCUT2D eigenvalue weighted by Crippen LogP contribution is 2.43. The quantitative estimate of drug-likeness (QED) is 0.465. The van der Waals surface area contributed by atoms with Crippen LogP contribution in [0.3, 0.4) is 0 Å². The number of nitrogens with zero attached hydrogens (tertiary/aromatic N) is 2. The van der Waals surface area contributed by atoms with Crippen molar-refractivity contribution in [3.05, 3.63) is 46.8 Å². The van der Waals surface area contributed by atoms with Crippen LogP contribution >= 0.6 is 11.8 Å². The molecule has 9 heteroatoms. The predicted molar refractivity (Wildman–Crippen MR) is 85.5 cm³/mol. The molecule has 128 valence electrons. The summed E-state index contributed by atoms with van der Waals surface area (Å²) in [5.41, 5.74) is 0.279. The normalized spacial score (nSPS) is 24.9. The van der Waals surface area contributed by atoms with Gasteiger partial charge in [-0.05, 0) is 12.1 Å². The molecule has 1 N–H and O–H groups in total. The molecule has 1 aromatic carbocycles. The van der Waals surface area contributed by atoms with Crippen molar-refractivity contribution in [2.75, 3.05) is 12.9 Å². The van der Waals surface area contributed by atoms with Gasteiger partial charge in [0.15, 0.2) is 5.70 Å². The molecule has 1 saturated heterocycles. The molecule has 1 aromatic rings. The number of β-lactam (4-membered cyclic amide) rings is 1. The van der Waals surface area contributed by atoms with Crippen LogP contribution in [0.25, 0.3) is 0 Å². The van der Waals surface area contributed by atoms with Gasteiger partial charge in [-0.25, -0.2) is 4.79 Å². The Hall–Kier alpha value is -2.81. The lowest BCUT2D eigenvalue weighted by atomic mass is 10.0. The van der Waals surface area contributed by atoms with E-state index in [1.165, 1.54) is 23.9 Å². The minimum atomic E-state index is -1.01. The average Bonchev–Trinajstić information content (AvgIpc) is 2.87. The number of imide groups is 1. The molecule has 1 unspecified atom stereocenters. The van der Waals surface area contributed by atoms with Gasteiger partial charge in [-0.1, -0.05) is 12.1 Å². The first-order valence-electron chi connectivity index (χ1n) is 7.39. The molecular formula is C16H12N2O6S. The number of thioether (sulfide) groups is 1. The van der Waals surface area contributed by atoms with Gasteiger partial charge in [0.25, 0.3) is 17.7 Å². The number of ether oxygens (including phenoxy) is 1. The summed E-state index contributed by atoms with van der Waals surface area (Å²) in [6.45, 7) is 0. The van der Waals surface area contributed by atoms with E-state index in [1.54, 1.807) is 12.1 Å². The second kappa shape index (κ2) is 5.35. The Morgan fingerprint density at radius 2 is 1.76 bits per heavy atom. The van der Waals surface area contributed by atoms with Gasteiger partial charge >= 0.3 is 5.97 Å². The van der Waals surface area contributed by atoms with E-state index in [0.717, 1.165) is 16.9 Å². The molecule has 0 bridgehead atoms. The van der Waals surface area contributed by atoms with Crippen LogP contribution in [0.1, 0.15) is 20.7 Å². The highest BCUT2D eigenvalue weighted by Gasteiger charge is 2.60. The third-order valence-electron chi connectivity index (χ3n) is 4.40. The molecule has 0 radical (unpaired) electrons. The molecule has 25 heavy (non-hydrogen) atoms. The number of methoxy groups -OCH3 is 1. The first-order valence-corrected chi connectivity index (χ1v) is 8.44. The second-order valence-electron chi connectivity index (χ2n) is 5.67. The van der Waals surface area contributed by atoms with E-state index in [2.05, 4.69) is 4.74 Å². The molecule has 0 saturated carbocycles. The SMILES string of the molecule is COC(=O)C1=C(O)CS[C@H]2C(N3C(=O)c4ccccc4C3=O)C(=O)N12. The summed E-state index contributed by atoms with van der Waals surface area (Å²) in [5.74, 6) is -2.67.